The summed E-state index contributed by atoms with van der Waals surface area (Å²) in [6.45, 7) is 14.0. The van der Waals surface area contributed by atoms with Crippen LogP contribution in [0.25, 0.3) is 0 Å². The Morgan fingerprint density at radius 3 is 2.61 bits per heavy atom. The molecular weight excluding hydrogens is 310 g/mol. The minimum absolute atomic E-state index is 0.0448. The van der Waals surface area contributed by atoms with Crippen molar-refractivity contribution in [1.29, 1.82) is 0 Å². The molecule has 1 N–H and O–H groups in total. The number of aromatic nitrogens is 1. The van der Waals surface area contributed by atoms with E-state index in [1.165, 1.54) is 0 Å². The molecule has 2 rings (SSSR count). The number of rotatable bonds is 5. The molecule has 1 aliphatic heterocycles. The summed E-state index contributed by atoms with van der Waals surface area (Å²) in [5, 5.41) is 6.07. The van der Waals surface area contributed by atoms with E-state index in [0.29, 0.717) is 13.0 Å². The number of morpholine rings is 1. The van der Waals surface area contributed by atoms with Crippen LogP contribution < -0.4 is 5.32 Å². The molecule has 0 aliphatic carbocycles. The maximum Gasteiger partial charge on any atom is 0.226 e. The fourth-order valence-electron chi connectivity index (χ4n) is 2.78. The van der Waals surface area contributed by atoms with Gasteiger partial charge in [0.15, 0.2) is 0 Å². The minimum Gasteiger partial charge on any atom is -0.373 e. The predicted octanol–water partition coefficient (Wildman–Crippen LogP) is 2.21. The first-order valence-corrected chi connectivity index (χ1v) is 9.21. The first-order valence-electron chi connectivity index (χ1n) is 8.33. The summed E-state index contributed by atoms with van der Waals surface area (Å²) in [5.41, 5.74) is 0.911. The molecule has 1 saturated heterocycles. The van der Waals surface area contributed by atoms with Crippen LogP contribution in [0.2, 0.25) is 0 Å². The standard InChI is InChI=1S/C17H29N3O2S/c1-12-9-20(10-13(2)22-12)7-6-18-15(21)8-14-11-23-16(19-14)17(3,4)5/h11-13H,6-10H2,1-5H3,(H,18,21)/t12-,13-/m1/s1. The second kappa shape index (κ2) is 7.73. The average Bonchev–Trinajstić information content (AvgIpc) is 2.85. The highest BCUT2D eigenvalue weighted by molar-refractivity contribution is 7.09. The van der Waals surface area contributed by atoms with Gasteiger partial charge in [-0.05, 0) is 13.8 Å². The third kappa shape index (κ3) is 5.86. The van der Waals surface area contributed by atoms with E-state index in [9.17, 15) is 4.79 Å². The summed E-state index contributed by atoms with van der Waals surface area (Å²) in [6.07, 6.45) is 0.892. The largest absolute Gasteiger partial charge is 0.373 e. The van der Waals surface area contributed by atoms with Crippen LogP contribution in [0.1, 0.15) is 45.3 Å². The Morgan fingerprint density at radius 1 is 1.39 bits per heavy atom. The highest BCUT2D eigenvalue weighted by Gasteiger charge is 2.22. The molecule has 0 bridgehead atoms. The van der Waals surface area contributed by atoms with Gasteiger partial charge in [-0.15, -0.1) is 11.3 Å². The van der Waals surface area contributed by atoms with E-state index in [2.05, 4.69) is 49.8 Å². The molecular formula is C17H29N3O2S. The molecule has 1 aromatic heterocycles. The molecule has 1 amide bonds. The van der Waals surface area contributed by atoms with Crippen LogP contribution in [-0.2, 0) is 21.4 Å². The zero-order valence-corrected chi connectivity index (χ0v) is 15.7. The lowest BCUT2D eigenvalue weighted by Gasteiger charge is -2.35. The number of ether oxygens (including phenoxy) is 1. The number of hydrogen-bond acceptors (Lipinski definition) is 5. The van der Waals surface area contributed by atoms with Crippen LogP contribution in [0.15, 0.2) is 5.38 Å². The van der Waals surface area contributed by atoms with Crippen molar-refractivity contribution in [3.05, 3.63) is 16.1 Å². The molecule has 0 aromatic carbocycles. The highest BCUT2D eigenvalue weighted by atomic mass is 32.1. The van der Waals surface area contributed by atoms with Gasteiger partial charge in [-0.2, -0.15) is 0 Å². The summed E-state index contributed by atoms with van der Waals surface area (Å²) in [7, 11) is 0. The van der Waals surface area contributed by atoms with Crippen LogP contribution in [-0.4, -0.2) is 54.2 Å². The van der Waals surface area contributed by atoms with Crippen molar-refractivity contribution in [2.75, 3.05) is 26.2 Å². The van der Waals surface area contributed by atoms with Crippen molar-refractivity contribution < 1.29 is 9.53 Å². The van der Waals surface area contributed by atoms with E-state index < -0.39 is 0 Å². The summed E-state index contributed by atoms with van der Waals surface area (Å²) >= 11 is 1.63. The Balaban J connectivity index is 1.72. The fourth-order valence-corrected chi connectivity index (χ4v) is 3.69. The Bertz CT molecular complexity index is 514. The van der Waals surface area contributed by atoms with Crippen molar-refractivity contribution >= 4 is 17.2 Å². The Kier molecular flexibility index (Phi) is 6.17. The number of hydrogen-bond donors (Lipinski definition) is 1. The molecule has 0 unspecified atom stereocenters. The Morgan fingerprint density at radius 2 is 2.04 bits per heavy atom. The molecule has 6 heteroatoms. The number of nitrogens with one attached hydrogen (secondary N) is 1. The molecule has 0 saturated carbocycles. The molecule has 0 spiro atoms. The molecule has 2 atom stereocenters. The average molecular weight is 340 g/mol. The van der Waals surface area contributed by atoms with Crippen molar-refractivity contribution in [2.45, 2.75) is 58.7 Å². The molecule has 0 radical (unpaired) electrons. The van der Waals surface area contributed by atoms with Crippen molar-refractivity contribution in [2.24, 2.45) is 0 Å². The van der Waals surface area contributed by atoms with Crippen LogP contribution in [0, 0.1) is 0 Å². The lowest BCUT2D eigenvalue weighted by atomic mass is 9.98. The van der Waals surface area contributed by atoms with Gasteiger partial charge in [0, 0.05) is 37.0 Å². The number of amides is 1. The van der Waals surface area contributed by atoms with Crippen molar-refractivity contribution in [3.8, 4) is 0 Å². The van der Waals surface area contributed by atoms with E-state index >= 15 is 0 Å². The van der Waals surface area contributed by atoms with Crippen molar-refractivity contribution in [1.82, 2.24) is 15.2 Å². The normalized spacial score (nSPS) is 23.0. The first-order chi connectivity index (χ1) is 10.7. The van der Waals surface area contributed by atoms with Crippen LogP contribution in [0.3, 0.4) is 0 Å². The fraction of sp³-hybridized carbons (Fsp3) is 0.765. The van der Waals surface area contributed by atoms with Crippen LogP contribution in [0.5, 0.6) is 0 Å². The van der Waals surface area contributed by atoms with Gasteiger partial charge in [0.1, 0.15) is 0 Å². The monoisotopic (exact) mass is 339 g/mol. The van der Waals surface area contributed by atoms with Gasteiger partial charge in [0.2, 0.25) is 5.91 Å². The van der Waals surface area contributed by atoms with Gasteiger partial charge in [-0.3, -0.25) is 9.69 Å². The number of carbonyl (C=O) groups is 1. The predicted molar refractivity (Wildman–Crippen MR) is 94.0 cm³/mol. The first kappa shape index (κ1) is 18.4. The smallest absolute Gasteiger partial charge is 0.226 e. The summed E-state index contributed by atoms with van der Waals surface area (Å²) in [5.74, 6) is 0.0464. The SMILES string of the molecule is C[C@@H]1CN(CCNC(=O)Cc2csc(C(C)(C)C)n2)C[C@@H](C)O1. The molecule has 1 aliphatic rings. The summed E-state index contributed by atoms with van der Waals surface area (Å²) in [4.78, 5) is 19.0. The Labute approximate surface area is 143 Å². The van der Waals surface area contributed by atoms with Gasteiger partial charge >= 0.3 is 0 Å². The van der Waals surface area contributed by atoms with Crippen LogP contribution >= 0.6 is 11.3 Å². The lowest BCUT2D eigenvalue weighted by Crippen LogP contribution is -2.48. The third-order valence-electron chi connectivity index (χ3n) is 3.78. The molecule has 2 heterocycles. The Hall–Kier alpha value is -0.980. The maximum atomic E-state index is 12.1. The van der Waals surface area contributed by atoms with Crippen molar-refractivity contribution in [3.63, 3.8) is 0 Å². The summed E-state index contributed by atoms with van der Waals surface area (Å²) < 4.78 is 5.72. The highest BCUT2D eigenvalue weighted by Crippen LogP contribution is 2.25. The zero-order chi connectivity index (χ0) is 17.0. The van der Waals surface area contributed by atoms with E-state index in [0.717, 1.165) is 30.3 Å². The summed E-state index contributed by atoms with van der Waals surface area (Å²) in [6, 6.07) is 0. The topological polar surface area (TPSA) is 54.5 Å². The molecule has 130 valence electrons. The van der Waals surface area contributed by atoms with Gasteiger partial charge in [0.05, 0.1) is 29.3 Å². The molecule has 1 aromatic rings. The van der Waals surface area contributed by atoms with Crippen LogP contribution in [0.4, 0.5) is 0 Å². The lowest BCUT2D eigenvalue weighted by molar-refractivity contribution is -0.120. The molecule has 23 heavy (non-hydrogen) atoms. The number of nitrogens with zero attached hydrogens (tertiary/aromatic N) is 2. The van der Waals surface area contributed by atoms with E-state index in [1.807, 2.05) is 5.38 Å². The zero-order valence-electron chi connectivity index (χ0n) is 14.9. The molecule has 5 nitrogen and oxygen atoms in total. The quantitative estimate of drug-likeness (QED) is 0.894. The molecule has 1 fully saturated rings. The van der Waals surface area contributed by atoms with E-state index in [4.69, 9.17) is 4.74 Å². The maximum absolute atomic E-state index is 12.1. The van der Waals surface area contributed by atoms with Gasteiger partial charge in [-0.1, -0.05) is 20.8 Å². The van der Waals surface area contributed by atoms with E-state index in [-0.39, 0.29) is 23.5 Å². The second-order valence-corrected chi connectivity index (χ2v) is 8.30. The second-order valence-electron chi connectivity index (χ2n) is 7.44. The number of carbonyl (C=O) groups excluding carboxylic acids is 1. The van der Waals surface area contributed by atoms with E-state index in [1.54, 1.807) is 11.3 Å². The third-order valence-corrected chi connectivity index (χ3v) is 5.10. The van der Waals surface area contributed by atoms with Gasteiger partial charge < -0.3 is 10.1 Å². The number of thiazole rings is 1. The minimum atomic E-state index is 0.0448. The van der Waals surface area contributed by atoms with Gasteiger partial charge in [-0.25, -0.2) is 4.98 Å². The van der Waals surface area contributed by atoms with Gasteiger partial charge in [0.25, 0.3) is 0 Å².